The van der Waals surface area contributed by atoms with Crippen molar-refractivity contribution in [3.05, 3.63) is 58.9 Å². The molecule has 0 aliphatic rings. The Bertz CT molecular complexity index is 615. The fraction of sp³-hybridized carbons (Fsp3) is 0.400. The van der Waals surface area contributed by atoms with Crippen LogP contribution in [0.5, 0.6) is 0 Å². The molecule has 0 unspecified atom stereocenters. The van der Waals surface area contributed by atoms with Crippen molar-refractivity contribution in [2.75, 3.05) is 0 Å². The smallest absolute Gasteiger partial charge is 0.136 e. The van der Waals surface area contributed by atoms with Gasteiger partial charge in [0, 0.05) is 5.56 Å². The lowest BCUT2D eigenvalue weighted by atomic mass is 10.0. The summed E-state index contributed by atoms with van der Waals surface area (Å²) in [5.41, 5.74) is 4.14. The second kappa shape index (κ2) is 9.00. The lowest BCUT2D eigenvalue weighted by Crippen LogP contribution is -1.92. The molecule has 0 N–H and O–H groups in total. The molecule has 2 heteroatoms. The molecule has 0 radical (unpaired) electrons. The Balaban J connectivity index is 1.92. The fourth-order valence-corrected chi connectivity index (χ4v) is 2.26. The Morgan fingerprint density at radius 3 is 2.27 bits per heavy atom. The van der Waals surface area contributed by atoms with Crippen LogP contribution in [0.4, 0.5) is 0 Å². The molecule has 0 spiro atoms. The van der Waals surface area contributed by atoms with Gasteiger partial charge in [-0.15, -0.1) is 5.10 Å². The van der Waals surface area contributed by atoms with Crippen molar-refractivity contribution < 1.29 is 0 Å². The highest BCUT2D eigenvalue weighted by molar-refractivity contribution is 5.40. The van der Waals surface area contributed by atoms with Crippen LogP contribution in [0.15, 0.2) is 36.4 Å². The zero-order chi connectivity index (χ0) is 15.6. The first kappa shape index (κ1) is 16.2. The molecule has 114 valence electrons. The summed E-state index contributed by atoms with van der Waals surface area (Å²) in [5.74, 6) is 6.22. The summed E-state index contributed by atoms with van der Waals surface area (Å²) in [6.45, 7) is 4.31. The van der Waals surface area contributed by atoms with Crippen LogP contribution in [0.1, 0.15) is 62.0 Å². The minimum Gasteiger partial charge on any atom is -0.154 e. The minimum atomic E-state index is 0.723. The minimum absolute atomic E-state index is 0.723. The third-order valence-corrected chi connectivity index (χ3v) is 3.69. The predicted molar refractivity (Wildman–Crippen MR) is 91.7 cm³/mol. The van der Waals surface area contributed by atoms with E-state index in [1.807, 2.05) is 12.1 Å². The quantitative estimate of drug-likeness (QED) is 0.576. The van der Waals surface area contributed by atoms with Crippen molar-refractivity contribution in [1.29, 1.82) is 0 Å². The van der Waals surface area contributed by atoms with Gasteiger partial charge in [-0.1, -0.05) is 51.2 Å². The largest absolute Gasteiger partial charge is 0.154 e. The first-order valence-corrected chi connectivity index (χ1v) is 8.25. The first-order chi connectivity index (χ1) is 10.8. The van der Waals surface area contributed by atoms with Gasteiger partial charge in [0.1, 0.15) is 5.69 Å². The average molecular weight is 292 g/mol. The lowest BCUT2D eigenvalue weighted by Gasteiger charge is -2.01. The van der Waals surface area contributed by atoms with E-state index in [4.69, 9.17) is 0 Å². The van der Waals surface area contributed by atoms with Gasteiger partial charge in [-0.2, -0.15) is 5.10 Å². The molecular weight excluding hydrogens is 268 g/mol. The molecule has 2 nitrogen and oxygen atoms in total. The summed E-state index contributed by atoms with van der Waals surface area (Å²) in [6, 6.07) is 12.5. The monoisotopic (exact) mass is 292 g/mol. The van der Waals surface area contributed by atoms with E-state index in [9.17, 15) is 0 Å². The number of benzene rings is 1. The van der Waals surface area contributed by atoms with Gasteiger partial charge in [-0.25, -0.2) is 0 Å². The summed E-state index contributed by atoms with van der Waals surface area (Å²) in [5, 5.41) is 8.24. The maximum atomic E-state index is 4.12. The predicted octanol–water partition coefficient (Wildman–Crippen LogP) is 4.56. The second-order valence-electron chi connectivity index (χ2n) is 5.52. The molecule has 0 aliphatic heterocycles. The van der Waals surface area contributed by atoms with Crippen LogP contribution in [0.25, 0.3) is 0 Å². The molecule has 0 saturated heterocycles. The highest BCUT2D eigenvalue weighted by atomic mass is 15.1. The van der Waals surface area contributed by atoms with Crippen LogP contribution >= 0.6 is 0 Å². The van der Waals surface area contributed by atoms with Gasteiger partial charge in [0.05, 0.1) is 5.69 Å². The van der Waals surface area contributed by atoms with Crippen molar-refractivity contribution in [2.45, 2.75) is 52.4 Å². The third kappa shape index (κ3) is 5.33. The number of rotatable bonds is 6. The van der Waals surface area contributed by atoms with Gasteiger partial charge in [-0.3, -0.25) is 0 Å². The maximum Gasteiger partial charge on any atom is 0.136 e. The highest BCUT2D eigenvalue weighted by Crippen LogP contribution is 2.09. The van der Waals surface area contributed by atoms with Gasteiger partial charge in [0.15, 0.2) is 0 Å². The van der Waals surface area contributed by atoms with Crippen molar-refractivity contribution in [1.82, 2.24) is 10.2 Å². The molecule has 2 aromatic rings. The maximum absolute atomic E-state index is 4.12. The molecule has 0 atom stereocenters. The van der Waals surface area contributed by atoms with E-state index in [1.54, 1.807) is 0 Å². The van der Waals surface area contributed by atoms with Crippen molar-refractivity contribution >= 4 is 0 Å². The summed E-state index contributed by atoms with van der Waals surface area (Å²) >= 11 is 0. The van der Waals surface area contributed by atoms with Gasteiger partial charge in [-0.05, 0) is 55.0 Å². The topological polar surface area (TPSA) is 25.8 Å². The Hall–Kier alpha value is -2.14. The standard InChI is InChI=1S/C20H24N2/c1-3-5-6-7-8-17-9-11-18(12-10-17)13-14-20-16-15-19(4-2)21-22-20/h9-12,15-16H,3-8H2,1-2H3. The Kier molecular flexibility index (Phi) is 6.64. The number of aromatic nitrogens is 2. The molecule has 2 rings (SSSR count). The molecule has 0 saturated carbocycles. The fourth-order valence-electron chi connectivity index (χ4n) is 2.26. The molecule has 0 amide bonds. The van der Waals surface area contributed by atoms with Gasteiger partial charge >= 0.3 is 0 Å². The second-order valence-corrected chi connectivity index (χ2v) is 5.52. The molecule has 22 heavy (non-hydrogen) atoms. The summed E-state index contributed by atoms with van der Waals surface area (Å²) < 4.78 is 0. The molecule has 1 heterocycles. The summed E-state index contributed by atoms with van der Waals surface area (Å²) in [4.78, 5) is 0. The van der Waals surface area contributed by atoms with Crippen LogP contribution in [-0.4, -0.2) is 10.2 Å². The van der Waals surface area contributed by atoms with E-state index in [0.717, 1.165) is 29.8 Å². The van der Waals surface area contributed by atoms with Gasteiger partial charge < -0.3 is 0 Å². The number of hydrogen-bond donors (Lipinski definition) is 0. The van der Waals surface area contributed by atoms with E-state index in [-0.39, 0.29) is 0 Å². The molecule has 0 fully saturated rings. The number of aryl methyl sites for hydroxylation is 2. The molecule has 1 aromatic heterocycles. The zero-order valence-corrected chi connectivity index (χ0v) is 13.6. The Morgan fingerprint density at radius 1 is 0.818 bits per heavy atom. The lowest BCUT2D eigenvalue weighted by molar-refractivity contribution is 0.667. The molecule has 0 bridgehead atoms. The SMILES string of the molecule is CCCCCCc1ccc(C#Cc2ccc(CC)nn2)cc1. The normalized spacial score (nSPS) is 10.1. The number of hydrogen-bond acceptors (Lipinski definition) is 2. The van der Waals surface area contributed by atoms with E-state index in [1.165, 1.54) is 31.2 Å². The zero-order valence-electron chi connectivity index (χ0n) is 13.6. The van der Waals surface area contributed by atoms with Crippen LogP contribution in [0, 0.1) is 11.8 Å². The highest BCUT2D eigenvalue weighted by Gasteiger charge is 1.95. The van der Waals surface area contributed by atoms with E-state index >= 15 is 0 Å². The van der Waals surface area contributed by atoms with E-state index in [2.05, 4.69) is 60.2 Å². The average Bonchev–Trinajstić information content (AvgIpc) is 2.58. The summed E-state index contributed by atoms with van der Waals surface area (Å²) in [7, 11) is 0. The molecular formula is C20H24N2. The van der Waals surface area contributed by atoms with E-state index < -0.39 is 0 Å². The molecule has 1 aromatic carbocycles. The Morgan fingerprint density at radius 2 is 1.64 bits per heavy atom. The van der Waals surface area contributed by atoms with Gasteiger partial charge in [0.2, 0.25) is 0 Å². The summed E-state index contributed by atoms with van der Waals surface area (Å²) in [6.07, 6.45) is 7.29. The van der Waals surface area contributed by atoms with Crippen molar-refractivity contribution in [2.24, 2.45) is 0 Å². The van der Waals surface area contributed by atoms with Gasteiger partial charge in [0.25, 0.3) is 0 Å². The number of unbranched alkanes of at least 4 members (excludes halogenated alkanes) is 3. The first-order valence-electron chi connectivity index (χ1n) is 8.25. The van der Waals surface area contributed by atoms with Crippen LogP contribution in [-0.2, 0) is 12.8 Å². The van der Waals surface area contributed by atoms with Crippen LogP contribution in [0.2, 0.25) is 0 Å². The van der Waals surface area contributed by atoms with Crippen LogP contribution < -0.4 is 0 Å². The number of nitrogens with zero attached hydrogens (tertiary/aromatic N) is 2. The van der Waals surface area contributed by atoms with Crippen LogP contribution in [0.3, 0.4) is 0 Å². The molecule has 0 aliphatic carbocycles. The van der Waals surface area contributed by atoms with Crippen molar-refractivity contribution in [3.63, 3.8) is 0 Å². The third-order valence-electron chi connectivity index (χ3n) is 3.69. The Labute approximate surface area is 134 Å². The van der Waals surface area contributed by atoms with E-state index in [0.29, 0.717) is 0 Å². The van der Waals surface area contributed by atoms with Crippen molar-refractivity contribution in [3.8, 4) is 11.8 Å².